The first-order valence-corrected chi connectivity index (χ1v) is 5.88. The van der Waals surface area contributed by atoms with Gasteiger partial charge in [0.1, 0.15) is 0 Å². The van der Waals surface area contributed by atoms with Gasteiger partial charge in [-0.25, -0.2) is 0 Å². The summed E-state index contributed by atoms with van der Waals surface area (Å²) in [5.41, 5.74) is 0.876. The number of rotatable bonds is 6. The van der Waals surface area contributed by atoms with Gasteiger partial charge in [-0.1, -0.05) is 5.16 Å². The lowest BCUT2D eigenvalue weighted by molar-refractivity contribution is 0.0941. The highest BCUT2D eigenvalue weighted by atomic mass is 16.6. The van der Waals surface area contributed by atoms with Crippen molar-refractivity contribution in [1.82, 2.24) is 15.8 Å². The summed E-state index contributed by atoms with van der Waals surface area (Å²) in [6.07, 6.45) is 0.823. The van der Waals surface area contributed by atoms with E-state index in [0.717, 1.165) is 6.42 Å². The summed E-state index contributed by atoms with van der Waals surface area (Å²) in [5, 5.41) is 9.68. The Hall–Kier alpha value is -1.56. The van der Waals surface area contributed by atoms with Gasteiger partial charge < -0.3 is 19.9 Å². The third-order valence-electron chi connectivity index (χ3n) is 2.99. The van der Waals surface area contributed by atoms with E-state index in [1.54, 1.807) is 6.92 Å². The fourth-order valence-electron chi connectivity index (χ4n) is 1.42. The van der Waals surface area contributed by atoms with Gasteiger partial charge >= 0.3 is 5.95 Å². The molecule has 0 aliphatic heterocycles. The van der Waals surface area contributed by atoms with Gasteiger partial charge in [0.25, 0.3) is 5.91 Å². The number of carbonyl (C=O) groups is 1. The molecule has 6 heteroatoms. The van der Waals surface area contributed by atoms with Crippen LogP contribution in [0, 0.1) is 6.92 Å². The second kappa shape index (κ2) is 5.86. The molecule has 2 N–H and O–H groups in total. The second-order valence-electron chi connectivity index (χ2n) is 4.79. The number of hydrogen-bond acceptors (Lipinski definition) is 5. The van der Waals surface area contributed by atoms with Gasteiger partial charge in [0.2, 0.25) is 0 Å². The topological polar surface area (TPSA) is 76.4 Å². The fourth-order valence-corrected chi connectivity index (χ4v) is 1.42. The molecule has 1 rings (SSSR count). The summed E-state index contributed by atoms with van der Waals surface area (Å²) in [4.78, 5) is 11.9. The average Bonchev–Trinajstić information content (AvgIpc) is 2.70. The normalized spacial score (nSPS) is 11.4. The first kappa shape index (κ1) is 14.5. The standard InChI is InChI=1S/C12H21N3O3/c1-8-9(15-18-11(8)17-5)10(16)14-7-6-12(2,3)13-4/h13H,6-7H2,1-5H3,(H,14,16). The Kier molecular flexibility index (Phi) is 4.72. The molecule has 0 unspecified atom stereocenters. The molecular weight excluding hydrogens is 234 g/mol. The molecule has 0 spiro atoms. The van der Waals surface area contributed by atoms with Crippen molar-refractivity contribution < 1.29 is 14.1 Å². The van der Waals surface area contributed by atoms with Crippen LogP contribution in [0.15, 0.2) is 4.52 Å². The highest BCUT2D eigenvalue weighted by Gasteiger charge is 2.20. The molecule has 0 atom stereocenters. The minimum absolute atomic E-state index is 0.0101. The summed E-state index contributed by atoms with van der Waals surface area (Å²) in [7, 11) is 3.37. The lowest BCUT2D eigenvalue weighted by Crippen LogP contribution is -2.40. The smallest absolute Gasteiger partial charge is 0.314 e. The number of ether oxygens (including phenoxy) is 1. The summed E-state index contributed by atoms with van der Waals surface area (Å²) >= 11 is 0. The van der Waals surface area contributed by atoms with Crippen LogP contribution in [-0.2, 0) is 0 Å². The number of hydrogen-bond donors (Lipinski definition) is 2. The zero-order valence-electron chi connectivity index (χ0n) is 11.6. The van der Waals surface area contributed by atoms with E-state index in [2.05, 4.69) is 29.6 Å². The Bertz CT molecular complexity index is 413. The molecule has 102 valence electrons. The molecule has 1 aromatic rings. The Morgan fingerprint density at radius 3 is 2.67 bits per heavy atom. The maximum Gasteiger partial charge on any atom is 0.314 e. The predicted octanol–water partition coefficient (Wildman–Crippen LogP) is 1.11. The molecule has 18 heavy (non-hydrogen) atoms. The van der Waals surface area contributed by atoms with Crippen LogP contribution in [-0.4, -0.2) is 37.3 Å². The quantitative estimate of drug-likeness (QED) is 0.796. The number of amides is 1. The fraction of sp³-hybridized carbons (Fsp3) is 0.667. The van der Waals surface area contributed by atoms with Gasteiger partial charge in [0, 0.05) is 12.1 Å². The summed E-state index contributed by atoms with van der Waals surface area (Å²) in [6, 6.07) is 0. The zero-order chi connectivity index (χ0) is 13.8. The van der Waals surface area contributed by atoms with Gasteiger partial charge in [0.05, 0.1) is 12.7 Å². The molecule has 0 radical (unpaired) electrons. The average molecular weight is 255 g/mol. The van der Waals surface area contributed by atoms with Crippen molar-refractivity contribution in [3.05, 3.63) is 11.3 Å². The van der Waals surface area contributed by atoms with Gasteiger partial charge in [-0.05, 0) is 34.2 Å². The van der Waals surface area contributed by atoms with E-state index in [9.17, 15) is 4.79 Å². The molecule has 0 aromatic carbocycles. The molecule has 0 aliphatic rings. The van der Waals surface area contributed by atoms with Crippen molar-refractivity contribution in [2.24, 2.45) is 0 Å². The maximum absolute atomic E-state index is 11.9. The van der Waals surface area contributed by atoms with Crippen LogP contribution in [0.4, 0.5) is 0 Å². The van der Waals surface area contributed by atoms with Crippen molar-refractivity contribution in [1.29, 1.82) is 0 Å². The third-order valence-corrected chi connectivity index (χ3v) is 2.99. The molecule has 0 saturated heterocycles. The minimum atomic E-state index is -0.244. The maximum atomic E-state index is 11.9. The van der Waals surface area contributed by atoms with Crippen LogP contribution in [0.1, 0.15) is 36.3 Å². The first-order chi connectivity index (χ1) is 8.41. The molecule has 6 nitrogen and oxygen atoms in total. The van der Waals surface area contributed by atoms with Gasteiger partial charge in [-0.2, -0.15) is 0 Å². The zero-order valence-corrected chi connectivity index (χ0v) is 11.6. The highest BCUT2D eigenvalue weighted by Crippen LogP contribution is 2.20. The second-order valence-corrected chi connectivity index (χ2v) is 4.79. The number of nitrogens with one attached hydrogen (secondary N) is 2. The van der Waals surface area contributed by atoms with E-state index in [4.69, 9.17) is 9.26 Å². The summed E-state index contributed by atoms with van der Waals surface area (Å²) in [5.74, 6) is 0.0298. The first-order valence-electron chi connectivity index (χ1n) is 5.88. The van der Waals surface area contributed by atoms with E-state index >= 15 is 0 Å². The van der Waals surface area contributed by atoms with Crippen LogP contribution in [0.2, 0.25) is 0 Å². The van der Waals surface area contributed by atoms with Crippen molar-refractivity contribution >= 4 is 5.91 Å². The summed E-state index contributed by atoms with van der Waals surface area (Å²) < 4.78 is 9.82. The highest BCUT2D eigenvalue weighted by molar-refractivity contribution is 5.93. The number of carbonyl (C=O) groups excluding carboxylic acids is 1. The van der Waals surface area contributed by atoms with Gasteiger partial charge in [0.15, 0.2) is 5.69 Å². The lowest BCUT2D eigenvalue weighted by Gasteiger charge is -2.23. The molecule has 0 bridgehead atoms. The predicted molar refractivity (Wildman–Crippen MR) is 67.9 cm³/mol. The van der Waals surface area contributed by atoms with E-state index in [1.165, 1.54) is 7.11 Å². The van der Waals surface area contributed by atoms with Crippen molar-refractivity contribution in [2.45, 2.75) is 32.7 Å². The number of aromatic nitrogens is 1. The number of methoxy groups -OCH3 is 1. The van der Waals surface area contributed by atoms with Crippen LogP contribution >= 0.6 is 0 Å². The molecule has 1 heterocycles. The SMILES string of the molecule is CNC(C)(C)CCNC(=O)c1noc(OC)c1C. The minimum Gasteiger partial charge on any atom is -0.467 e. The largest absolute Gasteiger partial charge is 0.467 e. The third kappa shape index (κ3) is 3.46. The van der Waals surface area contributed by atoms with Crippen molar-refractivity contribution in [3.8, 4) is 5.95 Å². The summed E-state index contributed by atoms with van der Waals surface area (Å²) in [6.45, 7) is 6.45. The van der Waals surface area contributed by atoms with Gasteiger partial charge in [-0.3, -0.25) is 4.79 Å². The Balaban J connectivity index is 2.53. The number of nitrogens with zero attached hydrogens (tertiary/aromatic N) is 1. The monoisotopic (exact) mass is 255 g/mol. The van der Waals surface area contributed by atoms with Gasteiger partial charge in [-0.15, -0.1) is 0 Å². The van der Waals surface area contributed by atoms with E-state index in [-0.39, 0.29) is 23.1 Å². The molecule has 1 amide bonds. The Morgan fingerprint density at radius 2 is 2.17 bits per heavy atom. The lowest BCUT2D eigenvalue weighted by atomic mass is 10.0. The van der Waals surface area contributed by atoms with Crippen LogP contribution in [0.3, 0.4) is 0 Å². The van der Waals surface area contributed by atoms with Crippen LogP contribution < -0.4 is 15.4 Å². The Labute approximate surface area is 107 Å². The molecule has 0 saturated carbocycles. The van der Waals surface area contributed by atoms with Crippen molar-refractivity contribution in [2.75, 3.05) is 20.7 Å². The van der Waals surface area contributed by atoms with E-state index in [1.807, 2.05) is 7.05 Å². The molecule has 0 fully saturated rings. The molecular formula is C12H21N3O3. The molecule has 1 aromatic heterocycles. The van der Waals surface area contributed by atoms with E-state index in [0.29, 0.717) is 12.1 Å². The van der Waals surface area contributed by atoms with E-state index < -0.39 is 0 Å². The van der Waals surface area contributed by atoms with Crippen LogP contribution in [0.5, 0.6) is 5.95 Å². The molecule has 0 aliphatic carbocycles. The van der Waals surface area contributed by atoms with Crippen LogP contribution in [0.25, 0.3) is 0 Å². The Morgan fingerprint density at radius 1 is 1.50 bits per heavy atom. The van der Waals surface area contributed by atoms with Crippen molar-refractivity contribution in [3.63, 3.8) is 0 Å².